The highest BCUT2D eigenvalue weighted by molar-refractivity contribution is 14.0. The Morgan fingerprint density at radius 2 is 2.11 bits per heavy atom. The van der Waals surface area contributed by atoms with Gasteiger partial charge < -0.3 is 15.4 Å². The van der Waals surface area contributed by atoms with Crippen molar-refractivity contribution < 1.29 is 4.74 Å². The minimum Gasteiger partial charge on any atom is -0.377 e. The molecule has 0 aromatic carbocycles. The molecule has 2 rings (SSSR count). The second-order valence-electron chi connectivity index (χ2n) is 5.54. The van der Waals surface area contributed by atoms with E-state index in [9.17, 15) is 0 Å². The van der Waals surface area contributed by atoms with E-state index in [2.05, 4.69) is 43.3 Å². The first-order chi connectivity index (χ1) is 8.11. The lowest BCUT2D eigenvalue weighted by atomic mass is 9.57. The first-order valence-corrected chi connectivity index (χ1v) is 6.77. The number of halogens is 1. The number of nitrogens with zero attached hydrogens (tertiary/aromatic N) is 1. The highest BCUT2D eigenvalue weighted by atomic mass is 127. The summed E-state index contributed by atoms with van der Waals surface area (Å²) in [6.07, 6.45) is 1.61. The summed E-state index contributed by atoms with van der Waals surface area (Å²) >= 11 is 0. The predicted octanol–water partition coefficient (Wildman–Crippen LogP) is 1.99. The summed E-state index contributed by atoms with van der Waals surface area (Å²) in [4.78, 5) is 4.47. The molecular weight excluding hydrogens is 341 g/mol. The summed E-state index contributed by atoms with van der Waals surface area (Å²) in [5.41, 5.74) is 0.213. The molecule has 0 bridgehead atoms. The summed E-state index contributed by atoms with van der Waals surface area (Å²) in [5, 5.41) is 6.87. The van der Waals surface area contributed by atoms with Gasteiger partial charge in [0.15, 0.2) is 5.96 Å². The van der Waals surface area contributed by atoms with Crippen LogP contribution < -0.4 is 10.6 Å². The molecule has 2 aliphatic rings. The van der Waals surface area contributed by atoms with Crippen LogP contribution in [-0.2, 0) is 4.74 Å². The first kappa shape index (κ1) is 16.0. The highest BCUT2D eigenvalue weighted by Gasteiger charge is 2.59. The SMILES string of the molecule is CCN=C(NCC)NC1C2CCOC2C1(C)C.I. The van der Waals surface area contributed by atoms with Crippen LogP contribution in [-0.4, -0.2) is 37.8 Å². The van der Waals surface area contributed by atoms with Gasteiger partial charge in [0.2, 0.25) is 0 Å². The molecule has 1 aliphatic carbocycles. The zero-order chi connectivity index (χ0) is 12.5. The minimum absolute atomic E-state index is 0. The molecule has 3 unspecified atom stereocenters. The van der Waals surface area contributed by atoms with Crippen LogP contribution in [0.2, 0.25) is 0 Å². The molecule has 18 heavy (non-hydrogen) atoms. The van der Waals surface area contributed by atoms with Gasteiger partial charge in [0, 0.05) is 37.1 Å². The van der Waals surface area contributed by atoms with E-state index >= 15 is 0 Å². The Kier molecular flexibility index (Phi) is 5.70. The molecular formula is C13H26IN3O. The quantitative estimate of drug-likeness (QED) is 0.456. The third kappa shape index (κ3) is 2.76. The molecule has 3 atom stereocenters. The minimum atomic E-state index is 0. The third-order valence-electron chi connectivity index (χ3n) is 4.05. The van der Waals surface area contributed by atoms with Crippen molar-refractivity contribution >= 4 is 29.9 Å². The third-order valence-corrected chi connectivity index (χ3v) is 4.05. The van der Waals surface area contributed by atoms with E-state index in [0.29, 0.717) is 18.1 Å². The van der Waals surface area contributed by atoms with E-state index in [-0.39, 0.29) is 29.4 Å². The summed E-state index contributed by atoms with van der Waals surface area (Å²) in [6, 6.07) is 0.486. The van der Waals surface area contributed by atoms with Crippen molar-refractivity contribution in [3.8, 4) is 0 Å². The van der Waals surface area contributed by atoms with Crippen molar-refractivity contribution in [2.24, 2.45) is 16.3 Å². The smallest absolute Gasteiger partial charge is 0.191 e. The number of hydrogen-bond donors (Lipinski definition) is 2. The molecule has 0 amide bonds. The van der Waals surface area contributed by atoms with Crippen molar-refractivity contribution in [2.45, 2.75) is 46.3 Å². The van der Waals surface area contributed by atoms with Gasteiger partial charge in [-0.25, -0.2) is 0 Å². The molecule has 0 aromatic rings. The maximum absolute atomic E-state index is 5.80. The lowest BCUT2D eigenvalue weighted by Crippen LogP contribution is -2.67. The fourth-order valence-electron chi connectivity index (χ4n) is 3.24. The van der Waals surface area contributed by atoms with Crippen molar-refractivity contribution in [1.29, 1.82) is 0 Å². The number of aliphatic imine (C=N–C) groups is 1. The first-order valence-electron chi connectivity index (χ1n) is 6.77. The Bertz CT molecular complexity index is 307. The van der Waals surface area contributed by atoms with Gasteiger partial charge in [-0.1, -0.05) is 13.8 Å². The fourth-order valence-corrected chi connectivity index (χ4v) is 3.24. The molecule has 1 aliphatic heterocycles. The van der Waals surface area contributed by atoms with Crippen LogP contribution in [0, 0.1) is 11.3 Å². The standard InChI is InChI=1S/C13H25N3O.HI/c1-5-14-12(15-6-2)16-10-9-7-8-17-11(9)13(10,3)4;/h9-11H,5-8H2,1-4H3,(H2,14,15,16);1H. The van der Waals surface area contributed by atoms with Gasteiger partial charge in [0.25, 0.3) is 0 Å². The van der Waals surface area contributed by atoms with Gasteiger partial charge in [-0.05, 0) is 20.3 Å². The largest absolute Gasteiger partial charge is 0.377 e. The molecule has 0 radical (unpaired) electrons. The Morgan fingerprint density at radius 3 is 2.72 bits per heavy atom. The van der Waals surface area contributed by atoms with Crippen LogP contribution in [0.3, 0.4) is 0 Å². The molecule has 1 saturated carbocycles. The van der Waals surface area contributed by atoms with Crippen LogP contribution in [0.4, 0.5) is 0 Å². The summed E-state index contributed by atoms with van der Waals surface area (Å²) in [6.45, 7) is 11.4. The van der Waals surface area contributed by atoms with Gasteiger partial charge in [0.05, 0.1) is 6.10 Å². The van der Waals surface area contributed by atoms with Crippen LogP contribution >= 0.6 is 24.0 Å². The van der Waals surface area contributed by atoms with E-state index in [1.165, 1.54) is 6.42 Å². The number of ether oxygens (including phenoxy) is 1. The average Bonchev–Trinajstić information content (AvgIpc) is 2.73. The normalized spacial score (nSPS) is 33.1. The molecule has 0 spiro atoms. The maximum atomic E-state index is 5.80. The lowest BCUT2D eigenvalue weighted by Gasteiger charge is -2.54. The number of hydrogen-bond acceptors (Lipinski definition) is 2. The van der Waals surface area contributed by atoms with Crippen molar-refractivity contribution in [3.63, 3.8) is 0 Å². The van der Waals surface area contributed by atoms with Crippen LogP contribution in [0.25, 0.3) is 0 Å². The maximum Gasteiger partial charge on any atom is 0.191 e. The van der Waals surface area contributed by atoms with E-state index in [0.717, 1.165) is 25.7 Å². The highest BCUT2D eigenvalue weighted by Crippen LogP contribution is 2.51. The van der Waals surface area contributed by atoms with Crippen molar-refractivity contribution in [2.75, 3.05) is 19.7 Å². The van der Waals surface area contributed by atoms with Crippen molar-refractivity contribution in [3.05, 3.63) is 0 Å². The fraction of sp³-hybridized carbons (Fsp3) is 0.923. The van der Waals surface area contributed by atoms with Gasteiger partial charge in [0.1, 0.15) is 0 Å². The summed E-state index contributed by atoms with van der Waals surface area (Å²) < 4.78 is 5.80. The topological polar surface area (TPSA) is 45.7 Å². The predicted molar refractivity (Wildman–Crippen MR) is 85.6 cm³/mol. The monoisotopic (exact) mass is 367 g/mol. The van der Waals surface area contributed by atoms with E-state index in [4.69, 9.17) is 4.74 Å². The van der Waals surface area contributed by atoms with Gasteiger partial charge in [-0.2, -0.15) is 0 Å². The van der Waals surface area contributed by atoms with Crippen LogP contribution in [0.15, 0.2) is 4.99 Å². The number of rotatable bonds is 3. The molecule has 1 heterocycles. The second-order valence-corrected chi connectivity index (χ2v) is 5.54. The molecule has 2 N–H and O–H groups in total. The number of nitrogens with one attached hydrogen (secondary N) is 2. The Balaban J connectivity index is 0.00000162. The van der Waals surface area contributed by atoms with Crippen LogP contribution in [0.5, 0.6) is 0 Å². The number of fused-ring (bicyclic) bond motifs is 1. The Morgan fingerprint density at radius 1 is 1.39 bits per heavy atom. The van der Waals surface area contributed by atoms with E-state index in [1.54, 1.807) is 0 Å². The lowest BCUT2D eigenvalue weighted by molar-refractivity contribution is -0.106. The zero-order valence-corrected chi connectivity index (χ0v) is 14.2. The second kappa shape index (κ2) is 6.41. The molecule has 4 nitrogen and oxygen atoms in total. The van der Waals surface area contributed by atoms with Crippen molar-refractivity contribution in [1.82, 2.24) is 10.6 Å². The zero-order valence-electron chi connectivity index (χ0n) is 11.8. The average molecular weight is 367 g/mol. The Hall–Kier alpha value is -0.0400. The number of guanidine groups is 1. The summed E-state index contributed by atoms with van der Waals surface area (Å²) in [7, 11) is 0. The Labute approximate surface area is 127 Å². The molecule has 5 heteroatoms. The molecule has 106 valence electrons. The van der Waals surface area contributed by atoms with Gasteiger partial charge in [-0.3, -0.25) is 4.99 Å². The summed E-state index contributed by atoms with van der Waals surface area (Å²) in [5.74, 6) is 1.60. The van der Waals surface area contributed by atoms with E-state index in [1.807, 2.05) is 0 Å². The van der Waals surface area contributed by atoms with Gasteiger partial charge in [-0.15, -0.1) is 24.0 Å². The van der Waals surface area contributed by atoms with Crippen LogP contribution in [0.1, 0.15) is 34.1 Å². The molecule has 0 aromatic heterocycles. The van der Waals surface area contributed by atoms with E-state index < -0.39 is 0 Å². The van der Waals surface area contributed by atoms with Gasteiger partial charge >= 0.3 is 0 Å². The molecule has 2 fully saturated rings. The molecule has 1 saturated heterocycles.